The van der Waals surface area contributed by atoms with E-state index < -0.39 is 28.7 Å². The molecule has 34 heavy (non-hydrogen) atoms. The summed E-state index contributed by atoms with van der Waals surface area (Å²) >= 11 is 1.63. The lowest BCUT2D eigenvalue weighted by molar-refractivity contribution is -0.142. The lowest BCUT2D eigenvalue weighted by Gasteiger charge is -2.37. The molecule has 2 bridgehead atoms. The maximum absolute atomic E-state index is 13.8. The summed E-state index contributed by atoms with van der Waals surface area (Å²) < 4.78 is 4.82. The molecular weight excluding hydrogens is 454 g/mol. The van der Waals surface area contributed by atoms with Crippen molar-refractivity contribution in [2.45, 2.75) is 75.1 Å². The number of fused-ring (bicyclic) bond motifs is 1. The number of carbonyl (C=O) groups excluding carboxylic acids is 3. The van der Waals surface area contributed by atoms with E-state index in [0.717, 1.165) is 12.2 Å². The zero-order valence-electron chi connectivity index (χ0n) is 20.2. The van der Waals surface area contributed by atoms with E-state index in [4.69, 9.17) is 4.74 Å². The Balaban J connectivity index is 1.64. The molecular formula is C25H35N3O5S. The number of rotatable bonds is 9. The lowest BCUT2D eigenvalue weighted by Crippen LogP contribution is -2.57. The molecule has 9 heteroatoms. The van der Waals surface area contributed by atoms with E-state index in [1.807, 2.05) is 27.7 Å². The monoisotopic (exact) mass is 489 g/mol. The molecule has 3 N–H and O–H groups in total. The Morgan fingerprint density at radius 1 is 1.24 bits per heavy atom. The van der Waals surface area contributed by atoms with Crippen LogP contribution < -0.4 is 15.4 Å². The van der Waals surface area contributed by atoms with Crippen LogP contribution in [0.15, 0.2) is 24.3 Å². The molecule has 3 heterocycles. The van der Waals surface area contributed by atoms with Crippen molar-refractivity contribution in [2.24, 2.45) is 11.8 Å². The van der Waals surface area contributed by atoms with Crippen molar-refractivity contribution >= 4 is 35.2 Å². The highest BCUT2D eigenvalue weighted by atomic mass is 32.2. The number of nitrogens with zero attached hydrogens (tertiary/aromatic N) is 1. The standard InChI is InChI=1S/C25H35N3O5S/c1-5-16(13-29)28-21(23(31)26-14(3)4)25-12-11-18(34-25)19(20(25)24(28)32)22(30)27-15-7-9-17(10-8-15)33-6-2/h7-10,14,16,18-21,29H,5-6,11-13H2,1-4H3,(H,26,31)(H,27,30)/t16-,18-,19+,20-,21?,25?/m0/s1. The van der Waals surface area contributed by atoms with Crippen LogP contribution in [-0.4, -0.2) is 69.1 Å². The molecule has 4 rings (SSSR count). The number of benzene rings is 1. The van der Waals surface area contributed by atoms with Gasteiger partial charge in [-0.05, 0) is 64.3 Å². The first-order valence-corrected chi connectivity index (χ1v) is 13.1. The molecule has 3 aliphatic rings. The number of aliphatic hydroxyl groups is 1. The maximum Gasteiger partial charge on any atom is 0.244 e. The van der Waals surface area contributed by atoms with Gasteiger partial charge in [0.25, 0.3) is 0 Å². The molecule has 3 amide bonds. The summed E-state index contributed by atoms with van der Waals surface area (Å²) in [6, 6.07) is 5.97. The van der Waals surface area contributed by atoms with Crippen LogP contribution in [-0.2, 0) is 14.4 Å². The van der Waals surface area contributed by atoms with Gasteiger partial charge in [0, 0.05) is 17.0 Å². The summed E-state index contributed by atoms with van der Waals surface area (Å²) in [6.45, 7) is 7.95. The second-order valence-electron chi connectivity index (χ2n) is 9.66. The zero-order chi connectivity index (χ0) is 24.6. The number of hydrogen-bond donors (Lipinski definition) is 3. The number of anilines is 1. The van der Waals surface area contributed by atoms with E-state index in [1.54, 1.807) is 40.9 Å². The van der Waals surface area contributed by atoms with Crippen LogP contribution in [0.2, 0.25) is 0 Å². The summed E-state index contributed by atoms with van der Waals surface area (Å²) in [5.41, 5.74) is 0.647. The third-order valence-electron chi connectivity index (χ3n) is 7.23. The summed E-state index contributed by atoms with van der Waals surface area (Å²) in [6.07, 6.45) is 2.03. The highest BCUT2D eigenvalue weighted by Crippen LogP contribution is 2.66. The Kier molecular flexibility index (Phi) is 7.14. The number of amides is 3. The number of carbonyl (C=O) groups is 3. The number of thioether (sulfide) groups is 1. The average Bonchev–Trinajstić information content (AvgIpc) is 3.43. The van der Waals surface area contributed by atoms with Crippen LogP contribution in [0.5, 0.6) is 5.75 Å². The van der Waals surface area contributed by atoms with Gasteiger partial charge in [-0.15, -0.1) is 11.8 Å². The molecule has 2 unspecified atom stereocenters. The van der Waals surface area contributed by atoms with Gasteiger partial charge in [-0.2, -0.15) is 0 Å². The average molecular weight is 490 g/mol. The van der Waals surface area contributed by atoms with Crippen molar-refractivity contribution in [3.63, 3.8) is 0 Å². The normalized spacial score (nSPS) is 30.4. The predicted molar refractivity (Wildman–Crippen MR) is 132 cm³/mol. The van der Waals surface area contributed by atoms with E-state index in [9.17, 15) is 19.5 Å². The first kappa shape index (κ1) is 24.9. The largest absolute Gasteiger partial charge is 0.494 e. The first-order valence-electron chi connectivity index (χ1n) is 12.2. The molecule has 6 atom stereocenters. The Morgan fingerprint density at radius 3 is 2.53 bits per heavy atom. The van der Waals surface area contributed by atoms with Gasteiger partial charge in [-0.1, -0.05) is 6.92 Å². The minimum absolute atomic E-state index is 0.0117. The number of hydrogen-bond acceptors (Lipinski definition) is 6. The summed E-state index contributed by atoms with van der Waals surface area (Å²) in [4.78, 5) is 42.3. The van der Waals surface area contributed by atoms with Gasteiger partial charge in [-0.3, -0.25) is 14.4 Å². The second-order valence-corrected chi connectivity index (χ2v) is 11.3. The van der Waals surface area contributed by atoms with Gasteiger partial charge < -0.3 is 25.4 Å². The Labute approximate surface area is 205 Å². The van der Waals surface area contributed by atoms with Crippen LogP contribution in [0.4, 0.5) is 5.69 Å². The van der Waals surface area contributed by atoms with E-state index in [1.165, 1.54) is 0 Å². The second kappa shape index (κ2) is 9.77. The molecule has 0 radical (unpaired) electrons. The summed E-state index contributed by atoms with van der Waals surface area (Å²) in [5.74, 6) is -0.950. The van der Waals surface area contributed by atoms with E-state index >= 15 is 0 Å². The van der Waals surface area contributed by atoms with E-state index in [0.29, 0.717) is 25.1 Å². The number of likely N-dealkylation sites (tertiary alicyclic amines) is 1. The fourth-order valence-corrected chi connectivity index (χ4v) is 8.09. The third kappa shape index (κ3) is 4.06. The van der Waals surface area contributed by atoms with Gasteiger partial charge in [0.1, 0.15) is 11.8 Å². The van der Waals surface area contributed by atoms with Crippen molar-refractivity contribution < 1.29 is 24.2 Å². The Morgan fingerprint density at radius 2 is 1.94 bits per heavy atom. The predicted octanol–water partition coefficient (Wildman–Crippen LogP) is 2.41. The fourth-order valence-electron chi connectivity index (χ4n) is 5.89. The molecule has 3 aliphatic heterocycles. The summed E-state index contributed by atoms with van der Waals surface area (Å²) in [5, 5.41) is 16.0. The summed E-state index contributed by atoms with van der Waals surface area (Å²) in [7, 11) is 0. The molecule has 1 aromatic carbocycles. The molecule has 0 saturated carbocycles. The highest BCUT2D eigenvalue weighted by Gasteiger charge is 2.74. The van der Waals surface area contributed by atoms with Gasteiger partial charge in [0.05, 0.1) is 35.8 Å². The van der Waals surface area contributed by atoms with Crippen LogP contribution in [0.1, 0.15) is 47.0 Å². The highest BCUT2D eigenvalue weighted by molar-refractivity contribution is 8.02. The van der Waals surface area contributed by atoms with Gasteiger partial charge >= 0.3 is 0 Å². The maximum atomic E-state index is 13.8. The molecule has 8 nitrogen and oxygen atoms in total. The van der Waals surface area contributed by atoms with Gasteiger partial charge in [0.2, 0.25) is 17.7 Å². The van der Waals surface area contributed by atoms with E-state index in [2.05, 4.69) is 10.6 Å². The SMILES string of the molecule is CCOc1ccc(NC(=O)[C@@H]2[C@@H]3CCC4(S3)C(C(=O)NC(C)C)N([C@@H](CC)CO)C(=O)[C@H]24)cc1. The van der Waals surface area contributed by atoms with Crippen molar-refractivity contribution in [3.8, 4) is 5.75 Å². The number of ether oxygens (including phenoxy) is 1. The molecule has 1 aromatic rings. The fraction of sp³-hybridized carbons (Fsp3) is 0.640. The van der Waals surface area contributed by atoms with Crippen LogP contribution in [0.3, 0.4) is 0 Å². The lowest BCUT2D eigenvalue weighted by atomic mass is 9.70. The molecule has 3 saturated heterocycles. The topological polar surface area (TPSA) is 108 Å². The zero-order valence-corrected chi connectivity index (χ0v) is 21.1. The molecule has 0 aliphatic carbocycles. The molecule has 3 fully saturated rings. The Hall–Kier alpha value is -2.26. The third-order valence-corrected chi connectivity index (χ3v) is 9.18. The van der Waals surface area contributed by atoms with Gasteiger partial charge in [-0.25, -0.2) is 0 Å². The first-order chi connectivity index (χ1) is 16.3. The van der Waals surface area contributed by atoms with E-state index in [-0.39, 0.29) is 35.6 Å². The Bertz CT molecular complexity index is 935. The van der Waals surface area contributed by atoms with Gasteiger partial charge in [0.15, 0.2) is 0 Å². The molecule has 186 valence electrons. The van der Waals surface area contributed by atoms with Crippen LogP contribution in [0, 0.1) is 11.8 Å². The number of nitrogens with one attached hydrogen (secondary N) is 2. The van der Waals surface area contributed by atoms with Crippen LogP contribution >= 0.6 is 11.8 Å². The quantitative estimate of drug-likeness (QED) is 0.492. The minimum Gasteiger partial charge on any atom is -0.494 e. The molecule has 0 aromatic heterocycles. The smallest absolute Gasteiger partial charge is 0.244 e. The van der Waals surface area contributed by atoms with Crippen LogP contribution in [0.25, 0.3) is 0 Å². The van der Waals surface area contributed by atoms with Crippen molar-refractivity contribution in [3.05, 3.63) is 24.3 Å². The van der Waals surface area contributed by atoms with Crippen molar-refractivity contribution in [2.75, 3.05) is 18.5 Å². The van der Waals surface area contributed by atoms with Crippen molar-refractivity contribution in [1.82, 2.24) is 10.2 Å². The number of aliphatic hydroxyl groups excluding tert-OH is 1. The molecule has 1 spiro atoms. The van der Waals surface area contributed by atoms with Crippen molar-refractivity contribution in [1.29, 1.82) is 0 Å². The minimum atomic E-state index is -0.692.